The molecule has 0 heterocycles. The number of rotatable bonds is 10. The van der Waals surface area contributed by atoms with Crippen LogP contribution in [0.25, 0.3) is 0 Å². The van der Waals surface area contributed by atoms with Crippen LogP contribution in [0.5, 0.6) is 0 Å². The Kier molecular flexibility index (Phi) is 10.5. The van der Waals surface area contributed by atoms with Crippen LogP contribution in [0, 0.1) is 29.6 Å². The zero-order valence-electron chi connectivity index (χ0n) is 20.2. The van der Waals surface area contributed by atoms with Crippen LogP contribution in [0.4, 0.5) is 0 Å². The second-order valence-corrected chi connectivity index (χ2v) is 11.1. The molecule has 0 atom stereocenters. The summed E-state index contributed by atoms with van der Waals surface area (Å²) < 4.78 is 5.99. The molecule has 3 fully saturated rings. The van der Waals surface area contributed by atoms with Gasteiger partial charge in [-0.15, -0.1) is 0 Å². The summed E-state index contributed by atoms with van der Waals surface area (Å²) in [5.41, 5.74) is 0. The van der Waals surface area contributed by atoms with E-state index in [1.165, 1.54) is 96.3 Å². The van der Waals surface area contributed by atoms with Crippen molar-refractivity contribution in [1.82, 2.24) is 0 Å². The van der Waals surface area contributed by atoms with Gasteiger partial charge in [0.25, 0.3) is 0 Å². The average Bonchev–Trinajstić information content (AvgIpc) is 2.79. The minimum atomic E-state index is 0.144. The zero-order valence-corrected chi connectivity index (χ0v) is 20.2. The molecular weight excluding hydrogens is 368 g/mol. The first-order valence-electron chi connectivity index (χ1n) is 13.9. The highest BCUT2D eigenvalue weighted by molar-refractivity contribution is 5.72. The number of hydrogen-bond acceptors (Lipinski definition) is 2. The van der Waals surface area contributed by atoms with E-state index < -0.39 is 0 Å². The molecule has 174 valence electrons. The molecule has 0 aromatic rings. The maximum absolute atomic E-state index is 12.7. The monoisotopic (exact) mass is 418 g/mol. The van der Waals surface area contributed by atoms with Crippen LogP contribution in [-0.4, -0.2) is 12.1 Å². The number of unbranched alkanes of at least 4 members (excludes halogenated alkanes) is 3. The molecule has 0 radical (unpaired) electrons. The van der Waals surface area contributed by atoms with E-state index in [0.29, 0.717) is 0 Å². The first-order chi connectivity index (χ1) is 14.7. The molecule has 3 aliphatic carbocycles. The molecule has 0 N–H and O–H groups in total. The Morgan fingerprint density at radius 1 is 0.633 bits per heavy atom. The third kappa shape index (κ3) is 7.56. The fourth-order valence-corrected chi connectivity index (χ4v) is 6.75. The van der Waals surface area contributed by atoms with E-state index in [9.17, 15) is 4.79 Å². The van der Waals surface area contributed by atoms with Crippen molar-refractivity contribution in [2.24, 2.45) is 29.6 Å². The lowest BCUT2D eigenvalue weighted by Crippen LogP contribution is -2.32. The molecule has 3 aliphatic rings. The molecule has 0 saturated heterocycles. The highest BCUT2D eigenvalue weighted by atomic mass is 16.5. The van der Waals surface area contributed by atoms with E-state index in [4.69, 9.17) is 4.74 Å². The van der Waals surface area contributed by atoms with Crippen LogP contribution in [0.1, 0.15) is 136 Å². The van der Waals surface area contributed by atoms with Crippen molar-refractivity contribution >= 4 is 5.97 Å². The molecule has 0 bridgehead atoms. The van der Waals surface area contributed by atoms with E-state index in [-0.39, 0.29) is 18.0 Å². The molecule has 0 spiro atoms. The highest BCUT2D eigenvalue weighted by Gasteiger charge is 2.34. The summed E-state index contributed by atoms with van der Waals surface area (Å²) in [6.45, 7) is 4.59. The summed E-state index contributed by atoms with van der Waals surface area (Å²) in [4.78, 5) is 12.7. The molecule has 2 heteroatoms. The van der Waals surface area contributed by atoms with Crippen molar-refractivity contribution in [3.8, 4) is 0 Å². The van der Waals surface area contributed by atoms with Gasteiger partial charge in [0.1, 0.15) is 6.10 Å². The Morgan fingerprint density at radius 3 is 1.70 bits per heavy atom. The van der Waals surface area contributed by atoms with Gasteiger partial charge in [-0.2, -0.15) is 0 Å². The molecule has 3 rings (SSSR count). The Bertz CT molecular complexity index is 463. The van der Waals surface area contributed by atoms with Gasteiger partial charge >= 0.3 is 5.97 Å². The first-order valence-corrected chi connectivity index (χ1v) is 13.9. The van der Waals surface area contributed by atoms with Crippen LogP contribution in [0.3, 0.4) is 0 Å². The Morgan fingerprint density at radius 2 is 1.13 bits per heavy atom. The van der Waals surface area contributed by atoms with E-state index in [2.05, 4.69) is 13.8 Å². The molecule has 0 aliphatic heterocycles. The standard InChI is InChI=1S/C28H50O2/c1-3-5-7-9-23-10-14-24(15-11-23)25-16-18-26(19-17-25)28(29)30-27-20-12-22(13-21-27)8-6-4-2/h22-27H,3-21H2,1-2H3. The third-order valence-corrected chi connectivity index (χ3v) is 8.92. The van der Waals surface area contributed by atoms with Crippen molar-refractivity contribution in [3.63, 3.8) is 0 Å². The van der Waals surface area contributed by atoms with Crippen LogP contribution >= 0.6 is 0 Å². The summed E-state index contributed by atoms with van der Waals surface area (Å²) >= 11 is 0. The lowest BCUT2D eigenvalue weighted by atomic mass is 9.68. The summed E-state index contributed by atoms with van der Waals surface area (Å²) in [6, 6.07) is 0. The van der Waals surface area contributed by atoms with Crippen molar-refractivity contribution in [1.29, 1.82) is 0 Å². The van der Waals surface area contributed by atoms with Gasteiger partial charge in [-0.25, -0.2) is 0 Å². The van der Waals surface area contributed by atoms with Crippen LogP contribution in [-0.2, 0) is 9.53 Å². The lowest BCUT2D eigenvalue weighted by molar-refractivity contribution is -0.157. The topological polar surface area (TPSA) is 26.3 Å². The van der Waals surface area contributed by atoms with E-state index in [0.717, 1.165) is 49.4 Å². The summed E-state index contributed by atoms with van der Waals surface area (Å²) in [7, 11) is 0. The second-order valence-electron chi connectivity index (χ2n) is 11.1. The van der Waals surface area contributed by atoms with Crippen molar-refractivity contribution in [2.75, 3.05) is 0 Å². The maximum Gasteiger partial charge on any atom is 0.309 e. The fourth-order valence-electron chi connectivity index (χ4n) is 6.75. The van der Waals surface area contributed by atoms with Crippen LogP contribution in [0.15, 0.2) is 0 Å². The van der Waals surface area contributed by atoms with Gasteiger partial charge in [0.15, 0.2) is 0 Å². The number of carbonyl (C=O) groups excluding carboxylic acids is 1. The molecule has 0 aromatic heterocycles. The van der Waals surface area contributed by atoms with Crippen molar-refractivity contribution < 1.29 is 9.53 Å². The molecule has 0 aromatic carbocycles. The summed E-state index contributed by atoms with van der Waals surface area (Å²) in [5, 5.41) is 0. The minimum absolute atomic E-state index is 0.144. The molecule has 3 saturated carbocycles. The predicted molar refractivity (Wildman–Crippen MR) is 126 cm³/mol. The van der Waals surface area contributed by atoms with Gasteiger partial charge in [-0.05, 0) is 87.9 Å². The quantitative estimate of drug-likeness (QED) is 0.263. The van der Waals surface area contributed by atoms with Gasteiger partial charge < -0.3 is 4.74 Å². The summed E-state index contributed by atoms with van der Waals surface area (Å²) in [5.74, 6) is 4.07. The largest absolute Gasteiger partial charge is 0.462 e. The smallest absolute Gasteiger partial charge is 0.309 e. The average molecular weight is 419 g/mol. The molecule has 2 nitrogen and oxygen atoms in total. The van der Waals surface area contributed by atoms with Gasteiger partial charge in [0.05, 0.1) is 5.92 Å². The maximum atomic E-state index is 12.7. The second kappa shape index (κ2) is 13.1. The number of esters is 1. The molecule has 0 amide bonds. The Balaban J connectivity index is 1.29. The highest BCUT2D eigenvalue weighted by Crippen LogP contribution is 2.42. The first kappa shape index (κ1) is 24.1. The van der Waals surface area contributed by atoms with E-state index >= 15 is 0 Å². The zero-order chi connectivity index (χ0) is 21.2. The van der Waals surface area contributed by atoms with Crippen LogP contribution < -0.4 is 0 Å². The van der Waals surface area contributed by atoms with Gasteiger partial charge in [-0.3, -0.25) is 4.79 Å². The minimum Gasteiger partial charge on any atom is -0.462 e. The number of carbonyl (C=O) groups is 1. The van der Waals surface area contributed by atoms with Gasteiger partial charge in [0, 0.05) is 0 Å². The number of ether oxygens (including phenoxy) is 1. The van der Waals surface area contributed by atoms with Gasteiger partial charge in [0.2, 0.25) is 0 Å². The van der Waals surface area contributed by atoms with E-state index in [1.54, 1.807) is 0 Å². The number of hydrogen-bond donors (Lipinski definition) is 0. The lowest BCUT2D eigenvalue weighted by Gasteiger charge is -2.38. The Labute approximate surface area is 187 Å². The van der Waals surface area contributed by atoms with Crippen LogP contribution in [0.2, 0.25) is 0 Å². The van der Waals surface area contributed by atoms with E-state index in [1.807, 2.05) is 0 Å². The summed E-state index contributed by atoms with van der Waals surface area (Å²) in [6.07, 6.45) is 25.3. The predicted octanol–water partition coefficient (Wildman–Crippen LogP) is 8.47. The van der Waals surface area contributed by atoms with Crippen molar-refractivity contribution in [2.45, 2.75) is 142 Å². The molecule has 30 heavy (non-hydrogen) atoms. The molecule has 0 unspecified atom stereocenters. The molecular formula is C28H50O2. The SMILES string of the molecule is CCCCCC1CCC(C2CCC(C(=O)OC3CCC(CCCC)CC3)CC2)CC1. The third-order valence-electron chi connectivity index (χ3n) is 8.92. The van der Waals surface area contributed by atoms with Gasteiger partial charge in [-0.1, -0.05) is 71.6 Å². The normalized spacial score (nSPS) is 35.1. The Hall–Kier alpha value is -0.530. The fraction of sp³-hybridized carbons (Fsp3) is 0.964. The van der Waals surface area contributed by atoms with Crippen molar-refractivity contribution in [3.05, 3.63) is 0 Å².